The van der Waals surface area contributed by atoms with Gasteiger partial charge in [-0.3, -0.25) is 0 Å². The van der Waals surface area contributed by atoms with Crippen molar-refractivity contribution < 1.29 is 8.42 Å². The van der Waals surface area contributed by atoms with Gasteiger partial charge in [0.05, 0.1) is 16.3 Å². The first kappa shape index (κ1) is 21.4. The van der Waals surface area contributed by atoms with Crippen molar-refractivity contribution in [3.8, 4) is 17.3 Å². The fourth-order valence-electron chi connectivity index (χ4n) is 2.91. The van der Waals surface area contributed by atoms with E-state index in [0.29, 0.717) is 16.9 Å². The molecule has 13 heteroatoms. The smallest absolute Gasteiger partial charge is 0.238 e. The van der Waals surface area contributed by atoms with Crippen LogP contribution in [0.5, 0.6) is 0 Å². The molecule has 0 fully saturated rings. The molecule has 0 unspecified atom stereocenters. The Morgan fingerprint density at radius 3 is 2.28 bits per heavy atom. The SMILES string of the molecule is N#Cc1c(-c2ccc(Br)cc2)nc2c(N=Nc3ccc(S(N)(=O)=O)cc3)c(N)nn2c1N. The highest BCUT2D eigenvalue weighted by atomic mass is 79.9. The van der Waals surface area contributed by atoms with Gasteiger partial charge in [-0.25, -0.2) is 18.5 Å². The standard InChI is InChI=1S/C19H14BrN9O2S/c20-11-3-1-10(2-4-11)15-14(9-21)18(23)29-19(25-15)16(17(22)28-29)27-26-12-5-7-13(8-6-12)32(24,30)31/h1-8H,23H2,(H2,22,28)(H2,24,30,31). The third kappa shape index (κ3) is 3.89. The molecule has 2 aromatic heterocycles. The van der Waals surface area contributed by atoms with Crippen LogP contribution in [0.4, 0.5) is 23.0 Å². The first-order valence-corrected chi connectivity index (χ1v) is 11.2. The quantitative estimate of drug-likeness (QED) is 0.349. The fraction of sp³-hybridized carbons (Fsp3) is 0. The van der Waals surface area contributed by atoms with Crippen molar-refractivity contribution in [2.24, 2.45) is 15.4 Å². The van der Waals surface area contributed by atoms with E-state index >= 15 is 0 Å². The van der Waals surface area contributed by atoms with Crippen molar-refractivity contribution in [2.75, 3.05) is 11.5 Å². The zero-order chi connectivity index (χ0) is 23.0. The van der Waals surface area contributed by atoms with Gasteiger partial charge in [0.15, 0.2) is 17.2 Å². The van der Waals surface area contributed by atoms with Gasteiger partial charge < -0.3 is 11.5 Å². The van der Waals surface area contributed by atoms with Crippen molar-refractivity contribution in [1.82, 2.24) is 14.6 Å². The molecule has 2 aromatic carbocycles. The monoisotopic (exact) mass is 511 g/mol. The Morgan fingerprint density at radius 2 is 1.69 bits per heavy atom. The molecular formula is C19H14BrN9O2S. The van der Waals surface area contributed by atoms with Gasteiger partial charge in [-0.1, -0.05) is 28.1 Å². The topological polar surface area (TPSA) is 191 Å². The molecule has 160 valence electrons. The lowest BCUT2D eigenvalue weighted by atomic mass is 10.1. The Bertz CT molecular complexity index is 1520. The summed E-state index contributed by atoms with van der Waals surface area (Å²) in [6, 6.07) is 14.8. The molecule has 0 aliphatic heterocycles. The Morgan fingerprint density at radius 1 is 1.03 bits per heavy atom. The molecule has 0 aliphatic carbocycles. The van der Waals surface area contributed by atoms with E-state index in [0.717, 1.165) is 4.47 Å². The summed E-state index contributed by atoms with van der Waals surface area (Å²) in [4.78, 5) is 4.49. The lowest BCUT2D eigenvalue weighted by molar-refractivity contribution is 0.598. The number of halogens is 1. The maximum Gasteiger partial charge on any atom is 0.238 e. The van der Waals surface area contributed by atoms with E-state index in [9.17, 15) is 13.7 Å². The molecule has 0 atom stereocenters. The largest absolute Gasteiger partial charge is 0.382 e. The predicted octanol–water partition coefficient (Wildman–Crippen LogP) is 3.26. The van der Waals surface area contributed by atoms with Crippen LogP contribution in [0.3, 0.4) is 0 Å². The second-order valence-electron chi connectivity index (χ2n) is 6.55. The number of benzene rings is 2. The van der Waals surface area contributed by atoms with Crippen LogP contribution in [0.1, 0.15) is 5.56 Å². The average molecular weight is 512 g/mol. The molecule has 0 radical (unpaired) electrons. The van der Waals surface area contributed by atoms with E-state index in [-0.39, 0.29) is 33.4 Å². The number of nitriles is 1. The van der Waals surface area contributed by atoms with E-state index < -0.39 is 10.0 Å². The molecular weight excluding hydrogens is 498 g/mol. The van der Waals surface area contributed by atoms with Gasteiger partial charge in [-0.05, 0) is 36.4 Å². The molecule has 4 aromatic rings. The number of hydrogen-bond acceptors (Lipinski definition) is 9. The average Bonchev–Trinajstić information content (AvgIpc) is 3.08. The van der Waals surface area contributed by atoms with E-state index in [2.05, 4.69) is 42.3 Å². The van der Waals surface area contributed by atoms with Crippen LogP contribution < -0.4 is 16.6 Å². The highest BCUT2D eigenvalue weighted by Gasteiger charge is 2.20. The zero-order valence-corrected chi connectivity index (χ0v) is 18.5. The molecule has 4 rings (SSSR count). The number of aromatic nitrogens is 3. The summed E-state index contributed by atoms with van der Waals surface area (Å²) >= 11 is 3.37. The van der Waals surface area contributed by atoms with Crippen LogP contribution in [0.2, 0.25) is 0 Å². The minimum Gasteiger partial charge on any atom is -0.382 e. The van der Waals surface area contributed by atoms with Crippen LogP contribution in [0.25, 0.3) is 16.9 Å². The van der Waals surface area contributed by atoms with E-state index in [1.165, 1.54) is 28.8 Å². The highest BCUT2D eigenvalue weighted by Crippen LogP contribution is 2.34. The number of fused-ring (bicyclic) bond motifs is 1. The summed E-state index contributed by atoms with van der Waals surface area (Å²) in [7, 11) is -3.82. The molecule has 32 heavy (non-hydrogen) atoms. The van der Waals surface area contributed by atoms with Crippen molar-refractivity contribution in [2.45, 2.75) is 4.90 Å². The van der Waals surface area contributed by atoms with Crippen LogP contribution in [-0.4, -0.2) is 23.0 Å². The number of anilines is 2. The fourth-order valence-corrected chi connectivity index (χ4v) is 3.69. The molecule has 0 saturated heterocycles. The molecule has 0 aliphatic rings. The Hall–Kier alpha value is -3.86. The first-order chi connectivity index (χ1) is 15.2. The zero-order valence-electron chi connectivity index (χ0n) is 16.1. The Kier molecular flexibility index (Phi) is 5.35. The first-order valence-electron chi connectivity index (χ1n) is 8.87. The van der Waals surface area contributed by atoms with Crippen molar-refractivity contribution in [3.63, 3.8) is 0 Å². The minimum atomic E-state index is -3.82. The normalized spacial score (nSPS) is 11.8. The Labute approximate surface area is 190 Å². The van der Waals surface area contributed by atoms with Gasteiger partial charge in [0, 0.05) is 10.0 Å². The summed E-state index contributed by atoms with van der Waals surface area (Å²) in [6.07, 6.45) is 0. The van der Waals surface area contributed by atoms with Gasteiger partial charge in [-0.15, -0.1) is 10.2 Å². The van der Waals surface area contributed by atoms with Gasteiger partial charge in [-0.2, -0.15) is 14.9 Å². The number of nitrogen functional groups attached to an aromatic ring is 2. The van der Waals surface area contributed by atoms with Gasteiger partial charge in [0.1, 0.15) is 17.5 Å². The van der Waals surface area contributed by atoms with E-state index in [4.69, 9.17) is 16.6 Å². The van der Waals surface area contributed by atoms with Crippen LogP contribution in [0, 0.1) is 11.3 Å². The van der Waals surface area contributed by atoms with Crippen molar-refractivity contribution in [3.05, 3.63) is 58.6 Å². The maximum absolute atomic E-state index is 11.4. The van der Waals surface area contributed by atoms with Crippen LogP contribution in [0.15, 0.2) is 68.1 Å². The highest BCUT2D eigenvalue weighted by molar-refractivity contribution is 9.10. The van der Waals surface area contributed by atoms with E-state index in [1.54, 1.807) is 12.1 Å². The summed E-state index contributed by atoms with van der Waals surface area (Å²) in [5, 5.41) is 27.1. The summed E-state index contributed by atoms with van der Waals surface area (Å²) in [6.45, 7) is 0. The van der Waals surface area contributed by atoms with E-state index in [1.807, 2.05) is 12.1 Å². The number of rotatable bonds is 4. The summed E-state index contributed by atoms with van der Waals surface area (Å²) < 4.78 is 24.9. The third-order valence-electron chi connectivity index (χ3n) is 4.46. The third-order valence-corrected chi connectivity index (χ3v) is 5.92. The van der Waals surface area contributed by atoms with Crippen LogP contribution in [-0.2, 0) is 10.0 Å². The predicted molar refractivity (Wildman–Crippen MR) is 122 cm³/mol. The van der Waals surface area contributed by atoms with Crippen molar-refractivity contribution >= 4 is 54.6 Å². The number of hydrogen-bond donors (Lipinski definition) is 3. The number of nitrogens with zero attached hydrogens (tertiary/aromatic N) is 6. The van der Waals surface area contributed by atoms with Gasteiger partial charge in [0.25, 0.3) is 0 Å². The molecule has 0 saturated carbocycles. The summed E-state index contributed by atoms with van der Waals surface area (Å²) in [5.41, 5.74) is 14.0. The van der Waals surface area contributed by atoms with Gasteiger partial charge in [0.2, 0.25) is 10.0 Å². The van der Waals surface area contributed by atoms with Gasteiger partial charge >= 0.3 is 0 Å². The number of nitrogens with two attached hydrogens (primary N) is 3. The Balaban J connectivity index is 1.84. The van der Waals surface area contributed by atoms with Crippen molar-refractivity contribution in [1.29, 1.82) is 5.26 Å². The second-order valence-corrected chi connectivity index (χ2v) is 9.02. The molecule has 0 spiro atoms. The number of azo groups is 1. The maximum atomic E-state index is 11.4. The molecule has 2 heterocycles. The molecule has 0 bridgehead atoms. The van der Waals surface area contributed by atoms with Crippen LogP contribution >= 0.6 is 15.9 Å². The molecule has 0 amide bonds. The lowest BCUT2D eigenvalue weighted by Crippen LogP contribution is -2.11. The summed E-state index contributed by atoms with van der Waals surface area (Å²) in [5.74, 6) is 0.0621. The molecule has 6 N–H and O–H groups in total. The second kappa shape index (κ2) is 8.00. The number of sulfonamides is 1. The minimum absolute atomic E-state index is 0.00551. The lowest BCUT2D eigenvalue weighted by Gasteiger charge is -2.08. The number of primary sulfonamides is 1. The molecule has 11 nitrogen and oxygen atoms in total.